The molecule has 0 unspecified atom stereocenters. The number of hydrogen-bond donors (Lipinski definition) is 2. The molecule has 0 bridgehead atoms. The van der Waals surface area contributed by atoms with Crippen molar-refractivity contribution in [2.45, 2.75) is 71.4 Å². The maximum absolute atomic E-state index is 15.0. The molecule has 33 heavy (non-hydrogen) atoms. The molecule has 178 valence electrons. The quantitative estimate of drug-likeness (QED) is 0.534. The van der Waals surface area contributed by atoms with Gasteiger partial charge in [0.25, 0.3) is 0 Å². The highest BCUT2D eigenvalue weighted by atomic mass is 35.5. The number of ether oxygens (including phenoxy) is 1. The van der Waals surface area contributed by atoms with Crippen LogP contribution in [0, 0.1) is 18.7 Å². The number of aryl methyl sites for hydroxylation is 1. The number of pyridine rings is 1. The van der Waals surface area contributed by atoms with Crippen molar-refractivity contribution in [1.82, 2.24) is 10.3 Å². The van der Waals surface area contributed by atoms with E-state index in [4.69, 9.17) is 16.3 Å². The zero-order valence-electron chi connectivity index (χ0n) is 19.5. The van der Waals surface area contributed by atoms with Crippen LogP contribution < -0.4 is 10.6 Å². The van der Waals surface area contributed by atoms with Gasteiger partial charge in [0.1, 0.15) is 17.5 Å². The molecule has 8 heteroatoms. The molecule has 1 atom stereocenters. The fraction of sp³-hybridized carbons (Fsp3) is 0.480. The SMILES string of the molecule is Cc1nccc(Cl)c1-c1ccc(NC(=O)[C@@H](NC(=O)OC(C)(C)C)C2CCCCC2)cc1F. The van der Waals surface area contributed by atoms with E-state index in [1.54, 1.807) is 52.1 Å². The van der Waals surface area contributed by atoms with Crippen LogP contribution in [-0.2, 0) is 9.53 Å². The van der Waals surface area contributed by atoms with Crippen LogP contribution in [-0.4, -0.2) is 28.6 Å². The van der Waals surface area contributed by atoms with Gasteiger partial charge in [-0.2, -0.15) is 0 Å². The number of halogens is 2. The lowest BCUT2D eigenvalue weighted by Crippen LogP contribution is -2.50. The summed E-state index contributed by atoms with van der Waals surface area (Å²) >= 11 is 6.25. The van der Waals surface area contributed by atoms with Crippen LogP contribution in [0.15, 0.2) is 30.5 Å². The molecule has 1 heterocycles. The fourth-order valence-corrected chi connectivity index (χ4v) is 4.47. The zero-order valence-corrected chi connectivity index (χ0v) is 20.3. The number of hydrogen-bond acceptors (Lipinski definition) is 4. The first-order chi connectivity index (χ1) is 15.5. The Hall–Kier alpha value is -2.67. The first-order valence-corrected chi connectivity index (χ1v) is 11.6. The normalized spacial score (nSPS) is 15.6. The van der Waals surface area contributed by atoms with Gasteiger partial charge in [-0.1, -0.05) is 30.9 Å². The summed E-state index contributed by atoms with van der Waals surface area (Å²) in [7, 11) is 0. The second-order valence-corrected chi connectivity index (χ2v) is 9.87. The van der Waals surface area contributed by atoms with Crippen molar-refractivity contribution in [3.05, 3.63) is 47.0 Å². The van der Waals surface area contributed by atoms with Crippen molar-refractivity contribution in [2.24, 2.45) is 5.92 Å². The smallest absolute Gasteiger partial charge is 0.408 e. The standard InChI is InChI=1S/C25H31ClFN3O3/c1-15-21(19(26)12-13-28-15)18-11-10-17(14-20(18)27)29-23(31)22(16-8-6-5-7-9-16)30-24(32)33-25(2,3)4/h10-14,16,22H,5-9H2,1-4H3,(H,29,31)(H,30,32)/t22-/m0/s1. The second kappa shape index (κ2) is 10.5. The lowest BCUT2D eigenvalue weighted by Gasteiger charge is -2.31. The average Bonchev–Trinajstić information content (AvgIpc) is 2.72. The van der Waals surface area contributed by atoms with E-state index < -0.39 is 29.5 Å². The largest absolute Gasteiger partial charge is 0.444 e. The number of amides is 2. The molecule has 0 saturated heterocycles. The third-order valence-electron chi connectivity index (χ3n) is 5.67. The molecule has 3 rings (SSSR count). The average molecular weight is 476 g/mol. The van der Waals surface area contributed by atoms with Gasteiger partial charge in [0.05, 0.1) is 5.02 Å². The van der Waals surface area contributed by atoms with Crippen molar-refractivity contribution in [2.75, 3.05) is 5.32 Å². The summed E-state index contributed by atoms with van der Waals surface area (Å²) in [5.74, 6) is -0.928. The molecule has 1 aromatic carbocycles. The lowest BCUT2D eigenvalue weighted by molar-refractivity contribution is -0.119. The minimum Gasteiger partial charge on any atom is -0.444 e. The van der Waals surface area contributed by atoms with E-state index in [2.05, 4.69) is 15.6 Å². The van der Waals surface area contributed by atoms with Crippen LogP contribution in [0.25, 0.3) is 11.1 Å². The van der Waals surface area contributed by atoms with Gasteiger partial charge in [-0.25, -0.2) is 9.18 Å². The molecule has 1 aliphatic carbocycles. The summed E-state index contributed by atoms with van der Waals surface area (Å²) in [5.41, 5.74) is 1.05. The Kier molecular flexibility index (Phi) is 7.95. The Morgan fingerprint density at radius 1 is 1.18 bits per heavy atom. The number of carbonyl (C=O) groups is 2. The van der Waals surface area contributed by atoms with Crippen LogP contribution in [0.1, 0.15) is 58.6 Å². The molecule has 2 aromatic rings. The van der Waals surface area contributed by atoms with Gasteiger partial charge in [-0.05, 0) is 70.7 Å². The highest BCUT2D eigenvalue weighted by molar-refractivity contribution is 6.33. The predicted molar refractivity (Wildman–Crippen MR) is 128 cm³/mol. The van der Waals surface area contributed by atoms with Gasteiger partial charge in [0, 0.05) is 28.7 Å². The second-order valence-electron chi connectivity index (χ2n) is 9.46. The lowest BCUT2D eigenvalue weighted by atomic mass is 9.83. The number of anilines is 1. The van der Waals surface area contributed by atoms with E-state index in [-0.39, 0.29) is 5.92 Å². The molecule has 0 spiro atoms. The first-order valence-electron chi connectivity index (χ1n) is 11.3. The zero-order chi connectivity index (χ0) is 24.2. The van der Waals surface area contributed by atoms with E-state index >= 15 is 0 Å². The minimum absolute atomic E-state index is 0.00719. The Bertz CT molecular complexity index is 996. The van der Waals surface area contributed by atoms with Gasteiger partial charge in [-0.15, -0.1) is 0 Å². The monoisotopic (exact) mass is 475 g/mol. The number of aromatic nitrogens is 1. The molecule has 6 nitrogen and oxygen atoms in total. The molecule has 0 radical (unpaired) electrons. The van der Waals surface area contributed by atoms with Gasteiger partial charge >= 0.3 is 6.09 Å². The molecular weight excluding hydrogens is 445 g/mol. The highest BCUT2D eigenvalue weighted by Gasteiger charge is 2.32. The fourth-order valence-electron chi connectivity index (χ4n) is 4.17. The van der Waals surface area contributed by atoms with Gasteiger partial charge in [0.15, 0.2) is 0 Å². The van der Waals surface area contributed by atoms with Crippen LogP contribution >= 0.6 is 11.6 Å². The Labute approximate surface area is 199 Å². The summed E-state index contributed by atoms with van der Waals surface area (Å²) in [6.45, 7) is 7.06. The maximum atomic E-state index is 15.0. The van der Waals surface area contributed by atoms with Gasteiger partial charge in [-0.3, -0.25) is 9.78 Å². The van der Waals surface area contributed by atoms with E-state index in [9.17, 15) is 14.0 Å². The number of rotatable bonds is 5. The summed E-state index contributed by atoms with van der Waals surface area (Å²) < 4.78 is 20.3. The molecule has 1 saturated carbocycles. The Morgan fingerprint density at radius 3 is 2.48 bits per heavy atom. The molecule has 2 amide bonds. The summed E-state index contributed by atoms with van der Waals surface area (Å²) in [6, 6.07) is 5.28. The first kappa shape index (κ1) is 25.0. The number of nitrogens with one attached hydrogen (secondary N) is 2. The molecular formula is C25H31ClFN3O3. The third kappa shape index (κ3) is 6.67. The minimum atomic E-state index is -0.766. The van der Waals surface area contributed by atoms with Crippen LogP contribution in [0.4, 0.5) is 14.9 Å². The van der Waals surface area contributed by atoms with E-state index in [1.807, 2.05) is 0 Å². The van der Waals surface area contributed by atoms with Crippen molar-refractivity contribution in [3.8, 4) is 11.1 Å². The number of benzene rings is 1. The van der Waals surface area contributed by atoms with Gasteiger partial charge in [0.2, 0.25) is 5.91 Å². The van der Waals surface area contributed by atoms with E-state index in [0.717, 1.165) is 32.1 Å². The van der Waals surface area contributed by atoms with E-state index in [1.165, 1.54) is 6.07 Å². The number of nitrogens with zero attached hydrogens (tertiary/aromatic N) is 1. The topological polar surface area (TPSA) is 80.3 Å². The Balaban J connectivity index is 1.79. The Morgan fingerprint density at radius 2 is 1.88 bits per heavy atom. The highest BCUT2D eigenvalue weighted by Crippen LogP contribution is 2.33. The van der Waals surface area contributed by atoms with Gasteiger partial charge < -0.3 is 15.4 Å². The molecule has 1 fully saturated rings. The maximum Gasteiger partial charge on any atom is 0.408 e. The molecule has 0 aliphatic heterocycles. The summed E-state index contributed by atoms with van der Waals surface area (Å²) in [4.78, 5) is 29.7. The van der Waals surface area contributed by atoms with Crippen molar-refractivity contribution >= 4 is 29.3 Å². The van der Waals surface area contributed by atoms with Crippen molar-refractivity contribution in [1.29, 1.82) is 0 Å². The van der Waals surface area contributed by atoms with Crippen LogP contribution in [0.2, 0.25) is 5.02 Å². The van der Waals surface area contributed by atoms with Crippen LogP contribution in [0.3, 0.4) is 0 Å². The molecule has 1 aliphatic rings. The van der Waals surface area contributed by atoms with E-state index in [0.29, 0.717) is 27.5 Å². The van der Waals surface area contributed by atoms with Crippen molar-refractivity contribution < 1.29 is 18.7 Å². The number of alkyl carbamates (subject to hydrolysis) is 1. The summed E-state index contributed by atoms with van der Waals surface area (Å²) in [6.07, 6.45) is 5.70. The third-order valence-corrected chi connectivity index (χ3v) is 5.99. The molecule has 1 aromatic heterocycles. The summed E-state index contributed by atoms with van der Waals surface area (Å²) in [5, 5.41) is 5.90. The predicted octanol–water partition coefficient (Wildman–Crippen LogP) is 6.26. The molecule has 2 N–H and O–H groups in total. The van der Waals surface area contributed by atoms with Crippen LogP contribution in [0.5, 0.6) is 0 Å². The number of carbonyl (C=O) groups excluding carboxylic acids is 2. The van der Waals surface area contributed by atoms with Crippen molar-refractivity contribution in [3.63, 3.8) is 0 Å².